The predicted molar refractivity (Wildman–Crippen MR) is 80.4 cm³/mol. The predicted octanol–water partition coefficient (Wildman–Crippen LogP) is 2.35. The van der Waals surface area contributed by atoms with E-state index in [0.29, 0.717) is 6.42 Å². The first-order valence-electron chi connectivity index (χ1n) is 7.03. The molecule has 1 aromatic carbocycles. The number of aryl methyl sites for hydroxylation is 2. The van der Waals surface area contributed by atoms with Crippen LogP contribution in [0.4, 0.5) is 0 Å². The standard InChI is InChI=1S/C16H26N2O/c1-12-7-8-15(13(2)10-12)11-14(3)18-16(19)6-5-9-17-4/h7-8,10,14,17H,5-6,9,11H2,1-4H3,(H,18,19). The molecular weight excluding hydrogens is 236 g/mol. The van der Waals surface area contributed by atoms with Crippen molar-refractivity contribution < 1.29 is 4.79 Å². The van der Waals surface area contributed by atoms with Crippen LogP contribution in [-0.2, 0) is 11.2 Å². The molecule has 1 amide bonds. The molecule has 0 fully saturated rings. The highest BCUT2D eigenvalue weighted by molar-refractivity contribution is 5.76. The second-order valence-electron chi connectivity index (χ2n) is 5.31. The highest BCUT2D eigenvalue weighted by Gasteiger charge is 2.09. The average molecular weight is 262 g/mol. The molecule has 1 unspecified atom stereocenters. The summed E-state index contributed by atoms with van der Waals surface area (Å²) in [6, 6.07) is 6.66. The Morgan fingerprint density at radius 1 is 1.32 bits per heavy atom. The van der Waals surface area contributed by atoms with Crippen molar-refractivity contribution in [2.75, 3.05) is 13.6 Å². The smallest absolute Gasteiger partial charge is 0.220 e. The third kappa shape index (κ3) is 5.88. The average Bonchev–Trinajstić information content (AvgIpc) is 2.33. The highest BCUT2D eigenvalue weighted by Crippen LogP contribution is 2.12. The maximum absolute atomic E-state index is 11.7. The van der Waals surface area contributed by atoms with Gasteiger partial charge in [0, 0.05) is 12.5 Å². The van der Waals surface area contributed by atoms with Crippen LogP contribution < -0.4 is 10.6 Å². The lowest BCUT2D eigenvalue weighted by Gasteiger charge is -2.15. The van der Waals surface area contributed by atoms with Crippen molar-refractivity contribution in [2.45, 2.75) is 46.1 Å². The number of nitrogens with one attached hydrogen (secondary N) is 2. The van der Waals surface area contributed by atoms with E-state index in [1.54, 1.807) is 0 Å². The van der Waals surface area contributed by atoms with Gasteiger partial charge in [-0.1, -0.05) is 23.8 Å². The zero-order valence-electron chi connectivity index (χ0n) is 12.5. The second-order valence-corrected chi connectivity index (χ2v) is 5.31. The number of carbonyl (C=O) groups is 1. The third-order valence-electron chi connectivity index (χ3n) is 3.26. The molecule has 3 heteroatoms. The maximum Gasteiger partial charge on any atom is 0.220 e. The zero-order valence-corrected chi connectivity index (χ0v) is 12.5. The van der Waals surface area contributed by atoms with Gasteiger partial charge in [-0.3, -0.25) is 4.79 Å². The van der Waals surface area contributed by atoms with Crippen molar-refractivity contribution in [1.82, 2.24) is 10.6 Å². The van der Waals surface area contributed by atoms with Crippen LogP contribution in [0.5, 0.6) is 0 Å². The van der Waals surface area contributed by atoms with Crippen LogP contribution in [-0.4, -0.2) is 25.5 Å². The molecule has 2 N–H and O–H groups in total. The van der Waals surface area contributed by atoms with Crippen molar-refractivity contribution in [3.05, 3.63) is 34.9 Å². The second kappa shape index (κ2) is 7.95. The number of hydrogen-bond donors (Lipinski definition) is 2. The lowest BCUT2D eigenvalue weighted by molar-refractivity contribution is -0.121. The van der Waals surface area contributed by atoms with Crippen LogP contribution in [0.2, 0.25) is 0 Å². The Labute approximate surface area is 116 Å². The van der Waals surface area contributed by atoms with E-state index in [1.165, 1.54) is 16.7 Å². The van der Waals surface area contributed by atoms with Gasteiger partial charge < -0.3 is 10.6 Å². The molecule has 0 aliphatic rings. The summed E-state index contributed by atoms with van der Waals surface area (Å²) in [6.45, 7) is 7.18. The Morgan fingerprint density at radius 3 is 2.68 bits per heavy atom. The molecule has 0 saturated carbocycles. The van der Waals surface area contributed by atoms with Crippen molar-refractivity contribution in [3.8, 4) is 0 Å². The lowest BCUT2D eigenvalue weighted by Crippen LogP contribution is -2.34. The summed E-state index contributed by atoms with van der Waals surface area (Å²) < 4.78 is 0. The van der Waals surface area contributed by atoms with E-state index in [4.69, 9.17) is 0 Å². The van der Waals surface area contributed by atoms with Gasteiger partial charge in [0.2, 0.25) is 5.91 Å². The Morgan fingerprint density at radius 2 is 2.05 bits per heavy atom. The molecule has 1 atom stereocenters. The van der Waals surface area contributed by atoms with Crippen molar-refractivity contribution in [3.63, 3.8) is 0 Å². The van der Waals surface area contributed by atoms with Gasteiger partial charge in [-0.05, 0) is 58.3 Å². The van der Waals surface area contributed by atoms with E-state index in [0.717, 1.165) is 19.4 Å². The van der Waals surface area contributed by atoms with Gasteiger partial charge in [0.05, 0.1) is 0 Å². The minimum atomic E-state index is 0.146. The molecule has 1 aromatic rings. The summed E-state index contributed by atoms with van der Waals surface area (Å²) in [5, 5.41) is 6.11. The number of amides is 1. The van der Waals surface area contributed by atoms with E-state index in [9.17, 15) is 4.79 Å². The molecule has 0 aromatic heterocycles. The Bertz CT molecular complexity index is 415. The van der Waals surface area contributed by atoms with Gasteiger partial charge in [-0.15, -0.1) is 0 Å². The quantitative estimate of drug-likeness (QED) is 0.741. The van der Waals surface area contributed by atoms with E-state index in [1.807, 2.05) is 7.05 Å². The molecule has 0 radical (unpaired) electrons. The molecule has 106 valence electrons. The van der Waals surface area contributed by atoms with E-state index in [-0.39, 0.29) is 11.9 Å². The minimum Gasteiger partial charge on any atom is -0.353 e. The molecular formula is C16H26N2O. The molecule has 19 heavy (non-hydrogen) atoms. The van der Waals surface area contributed by atoms with Crippen molar-refractivity contribution in [1.29, 1.82) is 0 Å². The normalized spacial score (nSPS) is 12.2. The minimum absolute atomic E-state index is 0.146. The molecule has 0 bridgehead atoms. The molecule has 0 aliphatic carbocycles. The summed E-state index contributed by atoms with van der Waals surface area (Å²) >= 11 is 0. The first kappa shape index (κ1) is 15.7. The third-order valence-corrected chi connectivity index (χ3v) is 3.26. The summed E-state index contributed by atoms with van der Waals surface area (Å²) in [5.41, 5.74) is 3.90. The van der Waals surface area contributed by atoms with Gasteiger partial charge in [0.25, 0.3) is 0 Å². The van der Waals surface area contributed by atoms with Crippen LogP contribution in [0, 0.1) is 13.8 Å². The Hall–Kier alpha value is -1.35. The maximum atomic E-state index is 11.7. The topological polar surface area (TPSA) is 41.1 Å². The fourth-order valence-corrected chi connectivity index (χ4v) is 2.23. The van der Waals surface area contributed by atoms with Crippen LogP contribution in [0.1, 0.15) is 36.5 Å². The summed E-state index contributed by atoms with van der Waals surface area (Å²) in [5.74, 6) is 0.146. The van der Waals surface area contributed by atoms with Crippen LogP contribution in [0.15, 0.2) is 18.2 Å². The fraction of sp³-hybridized carbons (Fsp3) is 0.562. The summed E-state index contributed by atoms with van der Waals surface area (Å²) in [6.07, 6.45) is 2.38. The number of rotatable bonds is 7. The Balaban J connectivity index is 2.42. The number of benzene rings is 1. The van der Waals surface area contributed by atoms with Crippen molar-refractivity contribution >= 4 is 5.91 Å². The summed E-state index contributed by atoms with van der Waals surface area (Å²) in [7, 11) is 1.90. The molecule has 0 heterocycles. The van der Waals surface area contributed by atoms with Gasteiger partial charge in [-0.25, -0.2) is 0 Å². The largest absolute Gasteiger partial charge is 0.353 e. The SMILES string of the molecule is CNCCCC(=O)NC(C)Cc1ccc(C)cc1C. The van der Waals surface area contributed by atoms with E-state index >= 15 is 0 Å². The highest BCUT2D eigenvalue weighted by atomic mass is 16.1. The van der Waals surface area contributed by atoms with Crippen LogP contribution in [0.25, 0.3) is 0 Å². The van der Waals surface area contributed by atoms with Gasteiger partial charge in [-0.2, -0.15) is 0 Å². The fourth-order valence-electron chi connectivity index (χ4n) is 2.23. The lowest BCUT2D eigenvalue weighted by atomic mass is 10.00. The Kier molecular flexibility index (Phi) is 6.57. The molecule has 0 aliphatic heterocycles. The number of carbonyl (C=O) groups excluding carboxylic acids is 1. The van der Waals surface area contributed by atoms with Crippen molar-refractivity contribution in [2.24, 2.45) is 0 Å². The first-order valence-corrected chi connectivity index (χ1v) is 7.03. The van der Waals surface area contributed by atoms with Gasteiger partial charge >= 0.3 is 0 Å². The van der Waals surface area contributed by atoms with Gasteiger partial charge in [0.1, 0.15) is 0 Å². The molecule has 1 rings (SSSR count). The molecule has 3 nitrogen and oxygen atoms in total. The van der Waals surface area contributed by atoms with Crippen LogP contribution in [0.3, 0.4) is 0 Å². The molecule has 0 spiro atoms. The monoisotopic (exact) mass is 262 g/mol. The number of hydrogen-bond acceptors (Lipinski definition) is 2. The molecule has 0 saturated heterocycles. The van der Waals surface area contributed by atoms with E-state index in [2.05, 4.69) is 49.6 Å². The van der Waals surface area contributed by atoms with Crippen LogP contribution >= 0.6 is 0 Å². The van der Waals surface area contributed by atoms with Gasteiger partial charge in [0.15, 0.2) is 0 Å². The van der Waals surface area contributed by atoms with E-state index < -0.39 is 0 Å². The first-order chi connectivity index (χ1) is 9.02. The summed E-state index contributed by atoms with van der Waals surface area (Å²) in [4.78, 5) is 11.7. The zero-order chi connectivity index (χ0) is 14.3.